The molecule has 184 valence electrons. The molecule has 4 rings (SSSR count). The van der Waals surface area contributed by atoms with Crippen LogP contribution in [0.1, 0.15) is 58.5 Å². The Balaban J connectivity index is 1.94. The predicted octanol–water partition coefficient (Wildman–Crippen LogP) is 4.40. The van der Waals surface area contributed by atoms with Gasteiger partial charge in [0.2, 0.25) is 0 Å². The van der Waals surface area contributed by atoms with Crippen molar-refractivity contribution in [3.05, 3.63) is 64.5 Å². The molecule has 0 saturated heterocycles. The van der Waals surface area contributed by atoms with Gasteiger partial charge in [0.15, 0.2) is 5.65 Å². The Morgan fingerprint density at radius 3 is 2.53 bits per heavy atom. The molecule has 1 aromatic carbocycles. The molecule has 0 radical (unpaired) electrons. The van der Waals surface area contributed by atoms with Crippen molar-refractivity contribution in [1.29, 1.82) is 5.26 Å². The molecule has 3 heterocycles. The fourth-order valence-corrected chi connectivity index (χ4v) is 4.47. The third-order valence-electron chi connectivity index (χ3n) is 6.25. The molecule has 9 nitrogen and oxygen atoms in total. The van der Waals surface area contributed by atoms with Gasteiger partial charge in [-0.15, -0.1) is 0 Å². The monoisotopic (exact) mass is 483 g/mol. The van der Waals surface area contributed by atoms with Gasteiger partial charge >= 0.3 is 0 Å². The molecule has 0 spiro atoms. The highest BCUT2D eigenvalue weighted by Gasteiger charge is 2.26. The van der Waals surface area contributed by atoms with E-state index in [0.29, 0.717) is 34.7 Å². The van der Waals surface area contributed by atoms with Crippen LogP contribution in [0.3, 0.4) is 0 Å². The highest BCUT2D eigenvalue weighted by Crippen LogP contribution is 2.42. The van der Waals surface area contributed by atoms with E-state index in [9.17, 15) is 10.1 Å². The van der Waals surface area contributed by atoms with Gasteiger partial charge in [-0.1, -0.05) is 6.07 Å². The average molecular weight is 484 g/mol. The van der Waals surface area contributed by atoms with Crippen LogP contribution in [-0.4, -0.2) is 56.2 Å². The lowest BCUT2D eigenvalue weighted by Crippen LogP contribution is -2.22. The summed E-state index contributed by atoms with van der Waals surface area (Å²) in [7, 11) is 3.36. The lowest BCUT2D eigenvalue weighted by atomic mass is 9.91. The van der Waals surface area contributed by atoms with Crippen molar-refractivity contribution in [3.8, 4) is 22.9 Å². The summed E-state index contributed by atoms with van der Waals surface area (Å²) in [5.74, 6) is 0.400. The van der Waals surface area contributed by atoms with Gasteiger partial charge in [-0.25, -0.2) is 14.6 Å². The molecule has 0 aliphatic carbocycles. The first-order valence-corrected chi connectivity index (χ1v) is 11.7. The maximum atomic E-state index is 12.3. The first-order chi connectivity index (χ1) is 17.2. The topological polar surface area (TPSA) is 110 Å². The second-order valence-corrected chi connectivity index (χ2v) is 8.90. The number of carbonyl (C=O) groups is 1. The van der Waals surface area contributed by atoms with Crippen LogP contribution in [0.4, 0.5) is 0 Å². The summed E-state index contributed by atoms with van der Waals surface area (Å²) in [6.07, 6.45) is 3.16. The molecule has 3 aromatic heterocycles. The molecule has 0 N–H and O–H groups in total. The number of nitrogens with zero attached hydrogens (tertiary/aromatic N) is 7. The second-order valence-electron chi connectivity index (χ2n) is 8.90. The summed E-state index contributed by atoms with van der Waals surface area (Å²) in [4.78, 5) is 27.0. The van der Waals surface area contributed by atoms with E-state index in [1.807, 2.05) is 45.4 Å². The number of carbonyl (C=O) groups excluding carboxylic acids is 1. The number of ether oxygens (including phenoxy) is 1. The third-order valence-corrected chi connectivity index (χ3v) is 6.25. The van der Waals surface area contributed by atoms with Gasteiger partial charge in [-0.05, 0) is 52.3 Å². The molecule has 1 amide bonds. The van der Waals surface area contributed by atoms with Crippen LogP contribution in [-0.2, 0) is 0 Å². The fraction of sp³-hybridized carbons (Fsp3) is 0.333. The molecule has 0 bridgehead atoms. The maximum Gasteiger partial charge on any atom is 0.271 e. The van der Waals surface area contributed by atoms with Crippen molar-refractivity contribution >= 4 is 16.9 Å². The van der Waals surface area contributed by atoms with Crippen molar-refractivity contribution in [2.75, 3.05) is 20.7 Å². The zero-order valence-electron chi connectivity index (χ0n) is 21.6. The van der Waals surface area contributed by atoms with Gasteiger partial charge in [0.05, 0.1) is 35.0 Å². The number of hydrogen-bond acceptors (Lipinski definition) is 7. The van der Waals surface area contributed by atoms with Gasteiger partial charge < -0.3 is 9.64 Å². The Morgan fingerprint density at radius 2 is 1.92 bits per heavy atom. The van der Waals surface area contributed by atoms with Gasteiger partial charge in [0.25, 0.3) is 5.91 Å². The number of amides is 1. The van der Waals surface area contributed by atoms with Crippen molar-refractivity contribution in [3.63, 3.8) is 0 Å². The van der Waals surface area contributed by atoms with E-state index in [4.69, 9.17) is 9.84 Å². The molecule has 4 aromatic rings. The normalized spacial score (nSPS) is 11.8. The van der Waals surface area contributed by atoms with E-state index in [-0.39, 0.29) is 11.9 Å². The molecule has 1 atom stereocenters. The van der Waals surface area contributed by atoms with E-state index in [1.54, 1.807) is 38.8 Å². The molecule has 0 saturated carbocycles. The van der Waals surface area contributed by atoms with Crippen LogP contribution in [0, 0.1) is 32.1 Å². The number of nitriles is 1. The molecule has 1 unspecified atom stereocenters. The fourth-order valence-electron chi connectivity index (χ4n) is 4.47. The Kier molecular flexibility index (Phi) is 6.71. The molecule has 0 aliphatic heterocycles. The van der Waals surface area contributed by atoms with E-state index < -0.39 is 0 Å². The van der Waals surface area contributed by atoms with Crippen LogP contribution in [0.15, 0.2) is 30.7 Å². The number of hydrogen-bond donors (Lipinski definition) is 0. The smallest absolute Gasteiger partial charge is 0.271 e. The number of rotatable bonds is 6. The van der Waals surface area contributed by atoms with Crippen LogP contribution < -0.4 is 4.74 Å². The van der Waals surface area contributed by atoms with Crippen molar-refractivity contribution in [2.45, 2.75) is 40.7 Å². The average Bonchev–Trinajstić information content (AvgIpc) is 3.21. The number of pyridine rings is 1. The number of aryl methyl sites for hydroxylation is 3. The minimum absolute atomic E-state index is 0.191. The number of aromatic nitrogens is 5. The quantitative estimate of drug-likeness (QED) is 0.400. The summed E-state index contributed by atoms with van der Waals surface area (Å²) in [6.45, 7) is 10.2. The lowest BCUT2D eigenvalue weighted by Gasteiger charge is -2.23. The van der Waals surface area contributed by atoms with E-state index in [0.717, 1.165) is 33.5 Å². The van der Waals surface area contributed by atoms with E-state index in [2.05, 4.69) is 21.0 Å². The van der Waals surface area contributed by atoms with Crippen LogP contribution >= 0.6 is 0 Å². The van der Waals surface area contributed by atoms with Crippen molar-refractivity contribution in [1.82, 2.24) is 29.6 Å². The Labute approximate surface area is 210 Å². The molecule has 0 aliphatic rings. The first kappa shape index (κ1) is 24.8. The molecular weight excluding hydrogens is 454 g/mol. The zero-order valence-corrected chi connectivity index (χ0v) is 21.6. The van der Waals surface area contributed by atoms with Gasteiger partial charge in [0, 0.05) is 37.0 Å². The lowest BCUT2D eigenvalue weighted by molar-refractivity contribution is 0.0822. The van der Waals surface area contributed by atoms with Crippen LogP contribution in [0.2, 0.25) is 0 Å². The number of benzene rings is 1. The predicted molar refractivity (Wildman–Crippen MR) is 137 cm³/mol. The molecule has 9 heteroatoms. The van der Waals surface area contributed by atoms with Crippen molar-refractivity contribution in [2.24, 2.45) is 0 Å². The van der Waals surface area contributed by atoms with E-state index in [1.165, 1.54) is 4.90 Å². The molecule has 0 fully saturated rings. The Bertz CT molecular complexity index is 1500. The van der Waals surface area contributed by atoms with Gasteiger partial charge in [0.1, 0.15) is 23.8 Å². The minimum Gasteiger partial charge on any atom is -0.493 e. The van der Waals surface area contributed by atoms with Crippen LogP contribution in [0.25, 0.3) is 22.2 Å². The van der Waals surface area contributed by atoms with Crippen LogP contribution in [0.5, 0.6) is 5.75 Å². The highest BCUT2D eigenvalue weighted by molar-refractivity contribution is 5.92. The Hall–Kier alpha value is -4.32. The largest absolute Gasteiger partial charge is 0.493 e. The zero-order chi connectivity index (χ0) is 26.1. The summed E-state index contributed by atoms with van der Waals surface area (Å²) >= 11 is 0. The first-order valence-electron chi connectivity index (χ1n) is 11.7. The third kappa shape index (κ3) is 4.15. The summed E-state index contributed by atoms with van der Waals surface area (Å²) in [5.41, 5.74) is 6.32. The summed E-state index contributed by atoms with van der Waals surface area (Å²) in [6, 6.07) is 7.55. The Morgan fingerprint density at radius 1 is 1.17 bits per heavy atom. The molecular formula is C27H29N7O2. The minimum atomic E-state index is -0.246. The highest BCUT2D eigenvalue weighted by atomic mass is 16.5. The SMILES string of the molecule is CCOc1c(C(C)n2nc(C)c3c(C)ncnc32)cc(C)c(C#N)c1-c1ccc(C(=O)N(C)C)nc1. The standard InChI is InChI=1S/C27H29N7O2/c1-8-36-25-20(18(5)34-26-23(17(4)32-34)16(3)30-14-31-26)11-15(2)21(12-28)24(25)19-9-10-22(29-13-19)27(35)33(6)7/h9-11,13-14,18H,8H2,1-7H3. The van der Waals surface area contributed by atoms with Crippen molar-refractivity contribution < 1.29 is 9.53 Å². The van der Waals surface area contributed by atoms with Gasteiger partial charge in [-0.3, -0.25) is 9.78 Å². The maximum absolute atomic E-state index is 12.3. The summed E-state index contributed by atoms with van der Waals surface area (Å²) in [5, 5.41) is 15.8. The van der Waals surface area contributed by atoms with E-state index >= 15 is 0 Å². The second kappa shape index (κ2) is 9.74. The van der Waals surface area contributed by atoms with Gasteiger partial charge in [-0.2, -0.15) is 10.4 Å². The summed E-state index contributed by atoms with van der Waals surface area (Å²) < 4.78 is 8.07. The molecule has 36 heavy (non-hydrogen) atoms. The number of fused-ring (bicyclic) bond motifs is 1.